The number of hydrogen-bond acceptors (Lipinski definition) is 6. The lowest BCUT2D eigenvalue weighted by molar-refractivity contribution is -0.119. The molecule has 0 aromatic rings. The molecule has 4 rings (SSSR count). The summed E-state index contributed by atoms with van der Waals surface area (Å²) in [4.78, 5) is 18.3. The zero-order chi connectivity index (χ0) is 29.9. The van der Waals surface area contributed by atoms with E-state index in [9.17, 15) is 4.79 Å². The first-order valence-corrected chi connectivity index (χ1v) is 15.6. The van der Waals surface area contributed by atoms with Crippen molar-refractivity contribution in [3.05, 3.63) is 0 Å². The normalized spacial score (nSPS) is 24.0. The van der Waals surface area contributed by atoms with Crippen molar-refractivity contribution in [3.63, 3.8) is 0 Å². The number of likely N-dealkylation sites (tertiary alicyclic amines) is 1. The number of carbonyl (C=O) groups is 1. The molecule has 4 fully saturated rings. The van der Waals surface area contributed by atoms with Crippen molar-refractivity contribution in [3.8, 4) is 0 Å². The van der Waals surface area contributed by atoms with Gasteiger partial charge in [-0.2, -0.15) is 0 Å². The van der Waals surface area contributed by atoms with Crippen molar-refractivity contribution in [2.75, 3.05) is 65.6 Å². The van der Waals surface area contributed by atoms with E-state index in [-0.39, 0.29) is 11.3 Å². The van der Waals surface area contributed by atoms with Crippen LogP contribution in [0.5, 0.6) is 0 Å². The van der Waals surface area contributed by atoms with Crippen LogP contribution in [0.2, 0.25) is 0 Å². The highest BCUT2D eigenvalue weighted by molar-refractivity contribution is 5.78. The molecule has 0 radical (unpaired) electrons. The minimum Gasteiger partial charge on any atom is -0.379 e. The van der Waals surface area contributed by atoms with Crippen molar-refractivity contribution in [2.24, 2.45) is 5.41 Å². The zero-order valence-electron chi connectivity index (χ0n) is 28.1. The van der Waals surface area contributed by atoms with Crippen molar-refractivity contribution in [2.45, 2.75) is 131 Å². The highest BCUT2D eigenvalue weighted by Crippen LogP contribution is 2.26. The minimum atomic E-state index is 0.208. The van der Waals surface area contributed by atoms with E-state index in [1.165, 1.54) is 39.0 Å². The van der Waals surface area contributed by atoms with Crippen LogP contribution >= 0.6 is 0 Å². The van der Waals surface area contributed by atoms with Crippen molar-refractivity contribution < 1.29 is 9.53 Å². The van der Waals surface area contributed by atoms with Gasteiger partial charge in [0.2, 0.25) is 5.91 Å². The molecule has 39 heavy (non-hydrogen) atoms. The number of carbonyl (C=O) groups excluding carboxylic acids is 1. The van der Waals surface area contributed by atoms with Crippen LogP contribution in [-0.2, 0) is 9.53 Å². The SMILES string of the molecule is CC(C)(C)C1CCC(=O)N1.CC(C)(C)N1CCCC1.CC(C)(C)N1CCNCC1.CC(C)(C)N1CCOCC1. The Labute approximate surface area is 243 Å². The van der Waals surface area contributed by atoms with E-state index in [2.05, 4.69) is 108 Å². The summed E-state index contributed by atoms with van der Waals surface area (Å²) in [5.74, 6) is 0.208. The summed E-state index contributed by atoms with van der Waals surface area (Å²) in [6.07, 6.45) is 4.51. The van der Waals surface area contributed by atoms with Crippen molar-refractivity contribution in [1.82, 2.24) is 25.3 Å². The highest BCUT2D eigenvalue weighted by Gasteiger charge is 2.30. The van der Waals surface area contributed by atoms with Gasteiger partial charge in [-0.15, -0.1) is 0 Å². The van der Waals surface area contributed by atoms with Gasteiger partial charge in [-0.25, -0.2) is 0 Å². The second kappa shape index (κ2) is 16.1. The summed E-state index contributed by atoms with van der Waals surface area (Å²) < 4.78 is 5.25. The summed E-state index contributed by atoms with van der Waals surface area (Å²) in [6, 6.07) is 0.389. The lowest BCUT2D eigenvalue weighted by atomic mass is 9.86. The van der Waals surface area contributed by atoms with E-state index >= 15 is 0 Å². The first-order valence-electron chi connectivity index (χ1n) is 15.6. The molecule has 4 heterocycles. The smallest absolute Gasteiger partial charge is 0.220 e. The maximum atomic E-state index is 10.8. The summed E-state index contributed by atoms with van der Waals surface area (Å²) in [5, 5.41) is 6.30. The van der Waals surface area contributed by atoms with Crippen LogP contribution in [0, 0.1) is 5.41 Å². The van der Waals surface area contributed by atoms with Crippen LogP contribution in [0.15, 0.2) is 0 Å². The number of nitrogens with one attached hydrogen (secondary N) is 2. The van der Waals surface area contributed by atoms with Crippen molar-refractivity contribution >= 4 is 5.91 Å². The van der Waals surface area contributed by atoms with Gasteiger partial charge in [-0.1, -0.05) is 20.8 Å². The Balaban J connectivity index is 0.000000260. The first kappa shape index (κ1) is 36.3. The molecule has 4 saturated heterocycles. The fourth-order valence-corrected chi connectivity index (χ4v) is 5.22. The molecule has 0 spiro atoms. The predicted molar refractivity (Wildman–Crippen MR) is 168 cm³/mol. The third kappa shape index (κ3) is 15.2. The number of nitrogens with zero attached hydrogens (tertiary/aromatic N) is 3. The number of morpholine rings is 1. The molecule has 0 aromatic heterocycles. The van der Waals surface area contributed by atoms with Gasteiger partial charge in [0.1, 0.15) is 0 Å². The molecule has 1 amide bonds. The van der Waals surface area contributed by atoms with Crippen molar-refractivity contribution in [1.29, 1.82) is 0 Å². The van der Waals surface area contributed by atoms with Gasteiger partial charge in [-0.3, -0.25) is 19.5 Å². The van der Waals surface area contributed by atoms with E-state index in [1.54, 1.807) is 0 Å². The summed E-state index contributed by atoms with van der Waals surface area (Å²) in [6.45, 7) is 38.2. The standard InChI is InChI=1S/C8H18N2.C8H17NO.C8H15NO.C8H17N/c1-8(2,3)10-6-4-9-5-7-10;1-8(2,3)9-4-6-10-7-5-9;1-8(2,3)6-4-5-7(10)9-6;1-8(2,3)9-6-4-5-7-9/h9H,4-7H2,1-3H3;4-7H2,1-3H3;6H,4-5H2,1-3H3,(H,9,10);4-7H2,1-3H3. The summed E-state index contributed by atoms with van der Waals surface area (Å²) >= 11 is 0. The van der Waals surface area contributed by atoms with Gasteiger partial charge in [-0.05, 0) is 100 Å². The van der Waals surface area contributed by atoms with Crippen LogP contribution in [0.1, 0.15) is 109 Å². The quantitative estimate of drug-likeness (QED) is 0.440. The molecule has 0 aromatic carbocycles. The average Bonchev–Trinajstić information content (AvgIpc) is 3.53. The summed E-state index contributed by atoms with van der Waals surface area (Å²) in [7, 11) is 0. The lowest BCUT2D eigenvalue weighted by Crippen LogP contribution is -2.51. The zero-order valence-corrected chi connectivity index (χ0v) is 28.1. The van der Waals surface area contributed by atoms with E-state index in [0.717, 1.165) is 45.8 Å². The monoisotopic (exact) mass is 554 g/mol. The number of hydrogen-bond donors (Lipinski definition) is 2. The number of ether oxygens (including phenoxy) is 1. The van der Waals surface area contributed by atoms with Gasteiger partial charge in [0.25, 0.3) is 0 Å². The van der Waals surface area contributed by atoms with Crippen LogP contribution in [-0.4, -0.2) is 109 Å². The molecule has 0 aliphatic carbocycles. The Hall–Kier alpha value is -0.730. The molecule has 0 bridgehead atoms. The van der Waals surface area contributed by atoms with Crippen LogP contribution in [0.4, 0.5) is 0 Å². The fourth-order valence-electron chi connectivity index (χ4n) is 5.22. The van der Waals surface area contributed by atoms with Gasteiger partial charge >= 0.3 is 0 Å². The molecule has 7 heteroatoms. The molecule has 1 unspecified atom stereocenters. The third-order valence-corrected chi connectivity index (χ3v) is 8.12. The molecule has 7 nitrogen and oxygen atoms in total. The van der Waals surface area contributed by atoms with Crippen LogP contribution < -0.4 is 10.6 Å². The molecule has 4 aliphatic rings. The molecule has 232 valence electrons. The Morgan fingerprint density at radius 1 is 0.641 bits per heavy atom. The Bertz CT molecular complexity index is 639. The maximum absolute atomic E-state index is 10.8. The maximum Gasteiger partial charge on any atom is 0.220 e. The Kier molecular flexibility index (Phi) is 14.9. The molecular weight excluding hydrogens is 486 g/mol. The molecule has 4 aliphatic heterocycles. The van der Waals surface area contributed by atoms with Gasteiger partial charge in [0, 0.05) is 68.3 Å². The van der Waals surface area contributed by atoms with E-state index < -0.39 is 0 Å². The molecule has 2 N–H and O–H groups in total. The minimum absolute atomic E-state index is 0.208. The van der Waals surface area contributed by atoms with E-state index in [4.69, 9.17) is 4.74 Å². The lowest BCUT2D eigenvalue weighted by Gasteiger charge is -2.38. The van der Waals surface area contributed by atoms with E-state index in [0.29, 0.717) is 29.1 Å². The average molecular weight is 554 g/mol. The van der Waals surface area contributed by atoms with Gasteiger partial charge in [0.05, 0.1) is 13.2 Å². The second-order valence-corrected chi connectivity index (χ2v) is 15.6. The van der Waals surface area contributed by atoms with Gasteiger partial charge < -0.3 is 15.4 Å². The predicted octanol–water partition coefficient (Wildman–Crippen LogP) is 5.00. The summed E-state index contributed by atoms with van der Waals surface area (Å²) in [5.41, 5.74) is 1.33. The number of piperazine rings is 1. The largest absolute Gasteiger partial charge is 0.379 e. The molecule has 0 saturated carbocycles. The third-order valence-electron chi connectivity index (χ3n) is 8.12. The Morgan fingerprint density at radius 3 is 1.31 bits per heavy atom. The van der Waals surface area contributed by atoms with E-state index in [1.807, 2.05) is 0 Å². The fraction of sp³-hybridized carbons (Fsp3) is 0.969. The van der Waals surface area contributed by atoms with Crippen LogP contribution in [0.25, 0.3) is 0 Å². The second-order valence-electron chi connectivity index (χ2n) is 15.6. The first-order chi connectivity index (χ1) is 17.8. The number of rotatable bonds is 0. The topological polar surface area (TPSA) is 60.1 Å². The Morgan fingerprint density at radius 2 is 1.05 bits per heavy atom. The molecular formula is C32H67N5O2. The number of amides is 1. The van der Waals surface area contributed by atoms with Gasteiger partial charge in [0.15, 0.2) is 0 Å². The highest BCUT2D eigenvalue weighted by atomic mass is 16.5. The molecule has 1 atom stereocenters. The van der Waals surface area contributed by atoms with Crippen LogP contribution in [0.3, 0.4) is 0 Å².